The van der Waals surface area contributed by atoms with Gasteiger partial charge in [-0.25, -0.2) is 0 Å². The summed E-state index contributed by atoms with van der Waals surface area (Å²) in [5.74, 6) is 1.27. The molecule has 106 valence electrons. The van der Waals surface area contributed by atoms with Gasteiger partial charge in [0.1, 0.15) is 5.78 Å². The van der Waals surface area contributed by atoms with E-state index in [1.807, 2.05) is 0 Å². The molecule has 0 N–H and O–H groups in total. The lowest BCUT2D eigenvalue weighted by Crippen LogP contribution is -2.15. The van der Waals surface area contributed by atoms with E-state index < -0.39 is 0 Å². The minimum Gasteiger partial charge on any atom is -0.381 e. The number of ketones is 1. The van der Waals surface area contributed by atoms with Crippen LogP contribution >= 0.6 is 0 Å². The molecule has 2 heteroatoms. The van der Waals surface area contributed by atoms with Crippen LogP contribution in [0.2, 0.25) is 0 Å². The topological polar surface area (TPSA) is 26.3 Å². The Morgan fingerprint density at radius 2 is 1.72 bits per heavy atom. The summed E-state index contributed by atoms with van der Waals surface area (Å²) in [7, 11) is 0. The minimum atomic E-state index is 0.363. The molecule has 1 saturated heterocycles. The first kappa shape index (κ1) is 15.7. The standard InChI is InChI=1S/C16H30O2/c1-16(2,3)11-5-8-15(17)7-4-6-14-9-12-18-13-10-14/h14H,4-13H2,1-3H3. The van der Waals surface area contributed by atoms with Crippen LogP contribution < -0.4 is 0 Å². The molecule has 0 radical (unpaired) electrons. The molecule has 1 heterocycles. The summed E-state index contributed by atoms with van der Waals surface area (Å²) in [5, 5.41) is 0. The van der Waals surface area contributed by atoms with E-state index in [-0.39, 0.29) is 0 Å². The Hall–Kier alpha value is -0.370. The Kier molecular flexibility index (Phi) is 6.91. The lowest BCUT2D eigenvalue weighted by atomic mass is 9.88. The van der Waals surface area contributed by atoms with Crippen LogP contribution in [0, 0.1) is 11.3 Å². The van der Waals surface area contributed by atoms with Crippen molar-refractivity contribution in [3.63, 3.8) is 0 Å². The third-order valence-corrected chi connectivity index (χ3v) is 3.79. The maximum atomic E-state index is 11.7. The highest BCUT2D eigenvalue weighted by atomic mass is 16.5. The van der Waals surface area contributed by atoms with Gasteiger partial charge in [0.25, 0.3) is 0 Å². The molecule has 0 saturated carbocycles. The molecule has 0 spiro atoms. The number of rotatable bonds is 7. The summed E-state index contributed by atoms with van der Waals surface area (Å²) in [6.45, 7) is 8.56. The van der Waals surface area contributed by atoms with Crippen LogP contribution in [0.3, 0.4) is 0 Å². The Morgan fingerprint density at radius 3 is 2.33 bits per heavy atom. The van der Waals surface area contributed by atoms with Crippen molar-refractivity contribution < 1.29 is 9.53 Å². The van der Waals surface area contributed by atoms with E-state index >= 15 is 0 Å². The van der Waals surface area contributed by atoms with Crippen molar-refractivity contribution in [1.29, 1.82) is 0 Å². The summed E-state index contributed by atoms with van der Waals surface area (Å²) in [4.78, 5) is 11.7. The number of hydrogen-bond acceptors (Lipinski definition) is 2. The third-order valence-electron chi connectivity index (χ3n) is 3.79. The third kappa shape index (κ3) is 7.86. The van der Waals surface area contributed by atoms with E-state index in [0.29, 0.717) is 11.2 Å². The zero-order valence-electron chi connectivity index (χ0n) is 12.5. The molecular formula is C16H30O2. The molecule has 0 aliphatic carbocycles. The van der Waals surface area contributed by atoms with Crippen molar-refractivity contribution in [3.05, 3.63) is 0 Å². The second kappa shape index (κ2) is 7.93. The molecule has 1 aliphatic rings. The summed E-state index contributed by atoms with van der Waals surface area (Å²) in [6, 6.07) is 0. The van der Waals surface area contributed by atoms with Crippen molar-refractivity contribution in [2.45, 2.75) is 72.1 Å². The second-order valence-electron chi connectivity index (χ2n) is 6.90. The lowest BCUT2D eigenvalue weighted by Gasteiger charge is -2.21. The Bertz CT molecular complexity index is 234. The monoisotopic (exact) mass is 254 g/mol. The molecular weight excluding hydrogens is 224 g/mol. The van der Waals surface area contributed by atoms with Gasteiger partial charge in [-0.1, -0.05) is 20.8 Å². The van der Waals surface area contributed by atoms with Gasteiger partial charge in [-0.3, -0.25) is 4.79 Å². The molecule has 1 aliphatic heterocycles. The molecule has 0 aromatic heterocycles. The van der Waals surface area contributed by atoms with Gasteiger partial charge in [-0.05, 0) is 49.9 Å². The van der Waals surface area contributed by atoms with E-state index in [2.05, 4.69) is 20.8 Å². The van der Waals surface area contributed by atoms with Crippen molar-refractivity contribution in [2.24, 2.45) is 11.3 Å². The predicted octanol–water partition coefficient (Wildman–Crippen LogP) is 4.37. The highest BCUT2D eigenvalue weighted by Crippen LogP contribution is 2.23. The molecule has 0 unspecified atom stereocenters. The Labute approximate surface area is 112 Å². The molecule has 18 heavy (non-hydrogen) atoms. The molecule has 1 fully saturated rings. The number of carbonyl (C=O) groups is 1. The van der Waals surface area contributed by atoms with Gasteiger partial charge in [0.15, 0.2) is 0 Å². The quantitative estimate of drug-likeness (QED) is 0.674. The molecule has 0 bridgehead atoms. The molecule has 1 rings (SSSR count). The van der Waals surface area contributed by atoms with Gasteiger partial charge in [0.2, 0.25) is 0 Å². The van der Waals surface area contributed by atoms with Crippen molar-refractivity contribution in [2.75, 3.05) is 13.2 Å². The largest absolute Gasteiger partial charge is 0.381 e. The zero-order chi connectivity index (χ0) is 13.4. The zero-order valence-corrected chi connectivity index (χ0v) is 12.5. The van der Waals surface area contributed by atoms with Crippen LogP contribution in [-0.4, -0.2) is 19.0 Å². The Balaban J connectivity index is 1.99. The average Bonchev–Trinajstić information content (AvgIpc) is 2.28. The summed E-state index contributed by atoms with van der Waals surface area (Å²) in [5.41, 5.74) is 0.363. The smallest absolute Gasteiger partial charge is 0.132 e. The SMILES string of the molecule is CC(C)(C)CCCC(=O)CCCC1CCOCC1. The number of carbonyl (C=O) groups excluding carboxylic acids is 1. The van der Waals surface area contributed by atoms with E-state index in [1.165, 1.54) is 19.3 Å². The van der Waals surface area contributed by atoms with Crippen molar-refractivity contribution in [3.8, 4) is 0 Å². The molecule has 0 aromatic rings. The molecule has 2 nitrogen and oxygen atoms in total. The summed E-state index contributed by atoms with van der Waals surface area (Å²) >= 11 is 0. The van der Waals surface area contributed by atoms with Crippen LogP contribution in [0.5, 0.6) is 0 Å². The summed E-state index contributed by atoms with van der Waals surface area (Å²) < 4.78 is 5.35. The van der Waals surface area contributed by atoms with Crippen LogP contribution in [0.25, 0.3) is 0 Å². The number of hydrogen-bond donors (Lipinski definition) is 0. The fraction of sp³-hybridized carbons (Fsp3) is 0.938. The van der Waals surface area contributed by atoms with Gasteiger partial charge in [-0.15, -0.1) is 0 Å². The van der Waals surface area contributed by atoms with Crippen molar-refractivity contribution in [1.82, 2.24) is 0 Å². The average molecular weight is 254 g/mol. The lowest BCUT2D eigenvalue weighted by molar-refractivity contribution is -0.119. The van der Waals surface area contributed by atoms with Gasteiger partial charge in [0, 0.05) is 26.1 Å². The second-order valence-corrected chi connectivity index (χ2v) is 6.90. The maximum Gasteiger partial charge on any atom is 0.132 e. The number of Topliss-reactive ketones (excluding diaryl/α,β-unsaturated/α-hetero) is 1. The predicted molar refractivity (Wildman–Crippen MR) is 75.7 cm³/mol. The minimum absolute atomic E-state index is 0.363. The van der Waals surface area contributed by atoms with Crippen LogP contribution in [0.1, 0.15) is 72.1 Å². The summed E-state index contributed by atoms with van der Waals surface area (Å²) in [6.07, 6.45) is 8.47. The van der Waals surface area contributed by atoms with Crippen LogP contribution in [0.15, 0.2) is 0 Å². The number of ether oxygens (including phenoxy) is 1. The molecule has 0 aromatic carbocycles. The fourth-order valence-electron chi connectivity index (χ4n) is 2.56. The van der Waals surface area contributed by atoms with Crippen LogP contribution in [0.4, 0.5) is 0 Å². The van der Waals surface area contributed by atoms with Gasteiger partial charge < -0.3 is 4.74 Å². The van der Waals surface area contributed by atoms with E-state index in [4.69, 9.17) is 4.74 Å². The van der Waals surface area contributed by atoms with E-state index in [0.717, 1.165) is 51.2 Å². The van der Waals surface area contributed by atoms with Gasteiger partial charge >= 0.3 is 0 Å². The highest BCUT2D eigenvalue weighted by molar-refractivity contribution is 5.78. The fourth-order valence-corrected chi connectivity index (χ4v) is 2.56. The first-order chi connectivity index (χ1) is 8.47. The molecule has 0 atom stereocenters. The first-order valence-corrected chi connectivity index (χ1v) is 7.57. The van der Waals surface area contributed by atoms with Crippen LogP contribution in [-0.2, 0) is 9.53 Å². The van der Waals surface area contributed by atoms with E-state index in [9.17, 15) is 4.79 Å². The van der Waals surface area contributed by atoms with Crippen molar-refractivity contribution >= 4 is 5.78 Å². The van der Waals surface area contributed by atoms with Gasteiger partial charge in [-0.2, -0.15) is 0 Å². The highest BCUT2D eigenvalue weighted by Gasteiger charge is 2.14. The van der Waals surface area contributed by atoms with Gasteiger partial charge in [0.05, 0.1) is 0 Å². The first-order valence-electron chi connectivity index (χ1n) is 7.57. The molecule has 0 amide bonds. The van der Waals surface area contributed by atoms with E-state index in [1.54, 1.807) is 0 Å². The Morgan fingerprint density at radius 1 is 1.11 bits per heavy atom. The maximum absolute atomic E-state index is 11.7. The normalized spacial score (nSPS) is 17.9.